The Morgan fingerprint density at radius 2 is 2.05 bits per heavy atom. The van der Waals surface area contributed by atoms with Crippen molar-refractivity contribution in [1.29, 1.82) is 0 Å². The molecular weight excluding hydrogens is 268 g/mol. The van der Waals surface area contributed by atoms with Crippen molar-refractivity contribution in [2.24, 2.45) is 0 Å². The van der Waals surface area contributed by atoms with Crippen LogP contribution >= 0.6 is 0 Å². The lowest BCUT2D eigenvalue weighted by Crippen LogP contribution is -2.07. The van der Waals surface area contributed by atoms with E-state index in [9.17, 15) is 10.1 Å². The van der Waals surface area contributed by atoms with Gasteiger partial charge in [0.25, 0.3) is 0 Å². The Morgan fingerprint density at radius 3 is 2.71 bits per heavy atom. The zero-order chi connectivity index (χ0) is 15.4. The summed E-state index contributed by atoms with van der Waals surface area (Å²) in [5.41, 5.74) is 3.11. The summed E-state index contributed by atoms with van der Waals surface area (Å²) in [6.07, 6.45) is 2.22. The van der Waals surface area contributed by atoms with Gasteiger partial charge in [-0.25, -0.2) is 9.97 Å². The van der Waals surface area contributed by atoms with E-state index in [0.29, 0.717) is 12.2 Å². The average Bonchev–Trinajstić information content (AvgIpc) is 2.47. The Kier molecular flexibility index (Phi) is 4.47. The molecule has 0 amide bonds. The quantitative estimate of drug-likeness (QED) is 0.672. The summed E-state index contributed by atoms with van der Waals surface area (Å²) >= 11 is 0. The SMILES string of the molecule is CCCNc1ncnc(-c2cccc(C)c2C)c1[N+](=O)[O-]. The third-order valence-electron chi connectivity index (χ3n) is 3.41. The number of aromatic nitrogens is 2. The highest BCUT2D eigenvalue weighted by Crippen LogP contribution is 2.35. The summed E-state index contributed by atoms with van der Waals surface area (Å²) in [5.74, 6) is 0.271. The number of nitrogens with zero attached hydrogens (tertiary/aromatic N) is 3. The van der Waals surface area contributed by atoms with E-state index in [1.807, 2.05) is 39.0 Å². The van der Waals surface area contributed by atoms with Crippen LogP contribution in [-0.4, -0.2) is 21.4 Å². The number of benzene rings is 1. The molecule has 1 aromatic heterocycles. The minimum Gasteiger partial charge on any atom is -0.364 e. The molecule has 0 aliphatic carbocycles. The predicted molar refractivity (Wildman–Crippen MR) is 82.4 cm³/mol. The molecule has 2 rings (SSSR count). The van der Waals surface area contributed by atoms with E-state index in [2.05, 4.69) is 15.3 Å². The van der Waals surface area contributed by atoms with Gasteiger partial charge in [0.05, 0.1) is 4.92 Å². The predicted octanol–water partition coefficient (Wildman–Crippen LogP) is 3.49. The second kappa shape index (κ2) is 6.30. The van der Waals surface area contributed by atoms with Gasteiger partial charge in [0.15, 0.2) is 5.69 Å². The van der Waals surface area contributed by atoms with Crippen molar-refractivity contribution in [2.75, 3.05) is 11.9 Å². The molecule has 0 aliphatic heterocycles. The summed E-state index contributed by atoms with van der Waals surface area (Å²) in [6, 6.07) is 5.70. The van der Waals surface area contributed by atoms with Crippen LogP contribution in [0.4, 0.5) is 11.5 Å². The molecule has 0 bridgehead atoms. The summed E-state index contributed by atoms with van der Waals surface area (Å²) in [6.45, 7) is 6.54. The second-order valence-corrected chi connectivity index (χ2v) is 4.85. The molecule has 0 unspecified atom stereocenters. The zero-order valence-electron chi connectivity index (χ0n) is 12.4. The number of anilines is 1. The Balaban J connectivity index is 2.63. The zero-order valence-corrected chi connectivity index (χ0v) is 12.4. The van der Waals surface area contributed by atoms with Crippen molar-refractivity contribution < 1.29 is 4.92 Å². The highest BCUT2D eigenvalue weighted by Gasteiger charge is 2.24. The molecule has 1 heterocycles. The molecule has 0 saturated heterocycles. The van der Waals surface area contributed by atoms with E-state index in [0.717, 1.165) is 23.1 Å². The number of nitro groups is 1. The third kappa shape index (κ3) is 2.99. The molecule has 0 fully saturated rings. The first-order valence-electron chi connectivity index (χ1n) is 6.86. The molecule has 6 nitrogen and oxygen atoms in total. The highest BCUT2D eigenvalue weighted by atomic mass is 16.6. The lowest BCUT2D eigenvalue weighted by molar-refractivity contribution is -0.383. The van der Waals surface area contributed by atoms with Crippen molar-refractivity contribution in [2.45, 2.75) is 27.2 Å². The minimum atomic E-state index is -0.422. The van der Waals surface area contributed by atoms with Crippen LogP contribution in [0.1, 0.15) is 24.5 Å². The van der Waals surface area contributed by atoms with Crippen LogP contribution in [0.5, 0.6) is 0 Å². The van der Waals surface area contributed by atoms with Crippen molar-refractivity contribution in [3.63, 3.8) is 0 Å². The van der Waals surface area contributed by atoms with Gasteiger partial charge >= 0.3 is 5.69 Å². The molecular formula is C15H18N4O2. The van der Waals surface area contributed by atoms with Gasteiger partial charge in [-0.1, -0.05) is 25.1 Å². The Hall–Kier alpha value is -2.50. The summed E-state index contributed by atoms with van der Waals surface area (Å²) in [4.78, 5) is 19.2. The van der Waals surface area contributed by atoms with E-state index < -0.39 is 4.92 Å². The molecule has 21 heavy (non-hydrogen) atoms. The first kappa shape index (κ1) is 14.9. The van der Waals surface area contributed by atoms with Gasteiger partial charge in [-0.05, 0) is 31.4 Å². The van der Waals surface area contributed by atoms with Crippen LogP contribution in [0.25, 0.3) is 11.3 Å². The van der Waals surface area contributed by atoms with Crippen molar-refractivity contribution in [3.05, 3.63) is 45.8 Å². The van der Waals surface area contributed by atoms with Crippen molar-refractivity contribution >= 4 is 11.5 Å². The highest BCUT2D eigenvalue weighted by molar-refractivity contribution is 5.78. The van der Waals surface area contributed by atoms with E-state index in [1.165, 1.54) is 6.33 Å². The van der Waals surface area contributed by atoms with E-state index in [-0.39, 0.29) is 11.5 Å². The lowest BCUT2D eigenvalue weighted by atomic mass is 10.00. The molecule has 0 atom stereocenters. The monoisotopic (exact) mass is 286 g/mol. The maximum atomic E-state index is 11.5. The Bertz CT molecular complexity index is 671. The van der Waals surface area contributed by atoms with Crippen LogP contribution < -0.4 is 5.32 Å². The van der Waals surface area contributed by atoms with Crippen molar-refractivity contribution in [1.82, 2.24) is 9.97 Å². The Labute approximate surface area is 123 Å². The van der Waals surface area contributed by atoms with Gasteiger partial charge < -0.3 is 5.32 Å². The molecule has 110 valence electrons. The average molecular weight is 286 g/mol. The van der Waals surface area contributed by atoms with Crippen molar-refractivity contribution in [3.8, 4) is 11.3 Å². The number of nitrogens with one attached hydrogen (secondary N) is 1. The molecule has 2 aromatic rings. The summed E-state index contributed by atoms with van der Waals surface area (Å²) in [5, 5.41) is 14.5. The minimum absolute atomic E-state index is 0.0698. The first-order chi connectivity index (χ1) is 10.1. The van der Waals surface area contributed by atoms with Gasteiger partial charge in [0, 0.05) is 12.1 Å². The molecule has 0 spiro atoms. The van der Waals surface area contributed by atoms with E-state index in [4.69, 9.17) is 0 Å². The standard InChI is InChI=1S/C15H18N4O2/c1-4-8-16-15-14(19(20)21)13(17-9-18-15)12-7-5-6-10(2)11(12)3/h5-7,9H,4,8H2,1-3H3,(H,16,17,18). The van der Waals surface area contributed by atoms with Crippen LogP contribution in [0, 0.1) is 24.0 Å². The fraction of sp³-hybridized carbons (Fsp3) is 0.333. The van der Waals surface area contributed by atoms with Crippen LogP contribution in [-0.2, 0) is 0 Å². The molecule has 1 aromatic carbocycles. The maximum Gasteiger partial charge on any atom is 0.337 e. The third-order valence-corrected chi connectivity index (χ3v) is 3.41. The number of hydrogen-bond donors (Lipinski definition) is 1. The van der Waals surface area contributed by atoms with Gasteiger partial charge in [-0.3, -0.25) is 10.1 Å². The largest absolute Gasteiger partial charge is 0.364 e. The molecule has 0 radical (unpaired) electrons. The molecule has 6 heteroatoms. The molecule has 0 aliphatic rings. The topological polar surface area (TPSA) is 81.0 Å². The fourth-order valence-corrected chi connectivity index (χ4v) is 2.13. The number of hydrogen-bond acceptors (Lipinski definition) is 5. The Morgan fingerprint density at radius 1 is 1.29 bits per heavy atom. The number of rotatable bonds is 5. The molecule has 1 N–H and O–H groups in total. The first-order valence-corrected chi connectivity index (χ1v) is 6.86. The lowest BCUT2D eigenvalue weighted by Gasteiger charge is -2.11. The second-order valence-electron chi connectivity index (χ2n) is 4.85. The van der Waals surface area contributed by atoms with Gasteiger partial charge in [0.1, 0.15) is 6.33 Å². The van der Waals surface area contributed by atoms with Crippen LogP contribution in [0.2, 0.25) is 0 Å². The maximum absolute atomic E-state index is 11.5. The summed E-state index contributed by atoms with van der Waals surface area (Å²) in [7, 11) is 0. The van der Waals surface area contributed by atoms with E-state index >= 15 is 0 Å². The van der Waals surface area contributed by atoms with Gasteiger partial charge in [-0.2, -0.15) is 0 Å². The normalized spacial score (nSPS) is 10.4. The van der Waals surface area contributed by atoms with Gasteiger partial charge in [0.2, 0.25) is 5.82 Å². The van der Waals surface area contributed by atoms with E-state index in [1.54, 1.807) is 0 Å². The smallest absolute Gasteiger partial charge is 0.337 e. The number of aryl methyl sites for hydroxylation is 1. The van der Waals surface area contributed by atoms with Gasteiger partial charge in [-0.15, -0.1) is 0 Å². The fourth-order valence-electron chi connectivity index (χ4n) is 2.13. The molecule has 0 saturated carbocycles. The van der Waals surface area contributed by atoms with Crippen LogP contribution in [0.15, 0.2) is 24.5 Å². The van der Waals surface area contributed by atoms with Crippen LogP contribution in [0.3, 0.4) is 0 Å². The summed E-state index contributed by atoms with van der Waals surface area (Å²) < 4.78 is 0.